The van der Waals surface area contributed by atoms with E-state index in [-0.39, 0.29) is 23.0 Å². The van der Waals surface area contributed by atoms with Crippen LogP contribution in [0.15, 0.2) is 23.7 Å². The third-order valence-electron chi connectivity index (χ3n) is 2.60. The second-order valence-corrected chi connectivity index (χ2v) is 4.95. The van der Waals surface area contributed by atoms with Gasteiger partial charge in [-0.1, -0.05) is 0 Å². The van der Waals surface area contributed by atoms with Crippen molar-refractivity contribution in [2.24, 2.45) is 5.73 Å². The maximum absolute atomic E-state index is 13.8. The summed E-state index contributed by atoms with van der Waals surface area (Å²) in [4.78, 5) is 15.3. The third-order valence-corrected chi connectivity index (χ3v) is 3.56. The van der Waals surface area contributed by atoms with Gasteiger partial charge in [0.1, 0.15) is 10.8 Å². The first-order valence-corrected chi connectivity index (χ1v) is 6.41. The van der Waals surface area contributed by atoms with Crippen LogP contribution >= 0.6 is 11.3 Å². The molecule has 1 unspecified atom stereocenters. The molecule has 1 amide bonds. The van der Waals surface area contributed by atoms with Crippen LogP contribution in [0.1, 0.15) is 28.3 Å². The summed E-state index contributed by atoms with van der Waals surface area (Å²) in [6, 6.07) is 2.22. The van der Waals surface area contributed by atoms with Crippen LogP contribution in [0.4, 0.5) is 15.8 Å². The maximum atomic E-state index is 13.8. The lowest BCUT2D eigenvalue weighted by Gasteiger charge is -2.15. The molecule has 1 heterocycles. The normalized spacial score (nSPS) is 12.1. The predicted molar refractivity (Wildman–Crippen MR) is 73.5 cm³/mol. The fourth-order valence-corrected chi connectivity index (χ4v) is 2.30. The average Bonchev–Trinajstić information content (AvgIpc) is 2.85. The van der Waals surface area contributed by atoms with Crippen molar-refractivity contribution in [2.45, 2.75) is 13.0 Å². The van der Waals surface area contributed by atoms with E-state index in [0.29, 0.717) is 0 Å². The van der Waals surface area contributed by atoms with Crippen molar-refractivity contribution < 1.29 is 9.18 Å². The van der Waals surface area contributed by atoms with E-state index in [0.717, 1.165) is 11.1 Å². The van der Waals surface area contributed by atoms with Gasteiger partial charge < -0.3 is 16.8 Å². The molecule has 0 spiro atoms. The summed E-state index contributed by atoms with van der Waals surface area (Å²) in [5.74, 6) is -1.23. The second kappa shape index (κ2) is 5.23. The van der Waals surface area contributed by atoms with Gasteiger partial charge in [-0.2, -0.15) is 0 Å². The Morgan fingerprint density at radius 1 is 1.53 bits per heavy atom. The molecule has 1 aromatic heterocycles. The van der Waals surface area contributed by atoms with E-state index in [2.05, 4.69) is 10.3 Å². The zero-order valence-electron chi connectivity index (χ0n) is 10.2. The molecule has 2 aromatic rings. The van der Waals surface area contributed by atoms with Gasteiger partial charge in [0.2, 0.25) is 0 Å². The van der Waals surface area contributed by atoms with Crippen LogP contribution in [0.5, 0.6) is 0 Å². The number of carbonyl (C=O) groups excluding carboxylic acids is 1. The molecule has 0 aliphatic heterocycles. The summed E-state index contributed by atoms with van der Waals surface area (Å²) in [7, 11) is 0. The van der Waals surface area contributed by atoms with Crippen molar-refractivity contribution in [2.75, 3.05) is 11.1 Å². The molecule has 0 bridgehead atoms. The van der Waals surface area contributed by atoms with Crippen molar-refractivity contribution in [1.29, 1.82) is 0 Å². The largest absolute Gasteiger partial charge is 0.398 e. The highest BCUT2D eigenvalue weighted by Gasteiger charge is 2.15. The van der Waals surface area contributed by atoms with Crippen LogP contribution in [0.25, 0.3) is 0 Å². The highest BCUT2D eigenvalue weighted by molar-refractivity contribution is 7.09. The van der Waals surface area contributed by atoms with Gasteiger partial charge in [0.05, 0.1) is 17.3 Å². The zero-order chi connectivity index (χ0) is 14.0. The number of halogens is 1. The first-order chi connectivity index (χ1) is 8.99. The number of anilines is 2. The van der Waals surface area contributed by atoms with E-state index in [1.54, 1.807) is 6.20 Å². The van der Waals surface area contributed by atoms with Gasteiger partial charge in [0, 0.05) is 17.3 Å². The summed E-state index contributed by atoms with van der Waals surface area (Å²) in [5, 5.41) is 5.60. The number of benzene rings is 1. The van der Waals surface area contributed by atoms with Gasteiger partial charge >= 0.3 is 0 Å². The van der Waals surface area contributed by atoms with Gasteiger partial charge in [-0.15, -0.1) is 11.3 Å². The standard InChI is InChI=1S/C12H13FN4OS/c1-6(12-16-2-3-19-12)17-10-4-7(11(15)18)9(14)5-8(10)13/h2-6,17H,14H2,1H3,(H2,15,18). The highest BCUT2D eigenvalue weighted by atomic mass is 32.1. The topological polar surface area (TPSA) is 94.0 Å². The van der Waals surface area contributed by atoms with E-state index >= 15 is 0 Å². The van der Waals surface area contributed by atoms with E-state index < -0.39 is 11.7 Å². The number of nitrogens with one attached hydrogen (secondary N) is 1. The summed E-state index contributed by atoms with van der Waals surface area (Å²) >= 11 is 1.46. The molecule has 5 N–H and O–H groups in total. The van der Waals surface area contributed by atoms with Gasteiger partial charge in [0.25, 0.3) is 5.91 Å². The summed E-state index contributed by atoms with van der Waals surface area (Å²) < 4.78 is 13.8. The number of nitrogens with two attached hydrogens (primary N) is 2. The minimum absolute atomic E-state index is 0.0254. The summed E-state index contributed by atoms with van der Waals surface area (Å²) in [6.45, 7) is 1.85. The van der Waals surface area contributed by atoms with Crippen molar-refractivity contribution in [3.8, 4) is 0 Å². The Labute approximate surface area is 113 Å². The van der Waals surface area contributed by atoms with Crippen molar-refractivity contribution in [1.82, 2.24) is 4.98 Å². The molecule has 1 aromatic carbocycles. The molecule has 100 valence electrons. The number of hydrogen-bond donors (Lipinski definition) is 3. The molecule has 5 nitrogen and oxygen atoms in total. The van der Waals surface area contributed by atoms with Gasteiger partial charge in [-0.25, -0.2) is 9.37 Å². The molecule has 0 saturated carbocycles. The Kier molecular flexibility index (Phi) is 3.66. The number of nitrogen functional groups attached to an aromatic ring is 1. The molecule has 0 saturated heterocycles. The minimum Gasteiger partial charge on any atom is -0.398 e. The first-order valence-electron chi connectivity index (χ1n) is 5.53. The van der Waals surface area contributed by atoms with Crippen LogP contribution in [-0.4, -0.2) is 10.9 Å². The minimum atomic E-state index is -0.692. The number of thiazole rings is 1. The Morgan fingerprint density at radius 3 is 2.84 bits per heavy atom. The Balaban J connectivity index is 2.30. The fraction of sp³-hybridized carbons (Fsp3) is 0.167. The number of carbonyl (C=O) groups is 1. The Morgan fingerprint density at radius 2 is 2.26 bits per heavy atom. The van der Waals surface area contributed by atoms with Crippen LogP contribution in [0, 0.1) is 5.82 Å². The smallest absolute Gasteiger partial charge is 0.250 e. The zero-order valence-corrected chi connectivity index (χ0v) is 11.0. The lowest BCUT2D eigenvalue weighted by Crippen LogP contribution is -2.15. The van der Waals surface area contributed by atoms with Crippen molar-refractivity contribution in [3.05, 3.63) is 40.1 Å². The van der Waals surface area contributed by atoms with Crippen LogP contribution in [-0.2, 0) is 0 Å². The van der Waals surface area contributed by atoms with E-state index in [1.807, 2.05) is 12.3 Å². The molecular formula is C12H13FN4OS. The number of amides is 1. The Hall–Kier alpha value is -2.15. The monoisotopic (exact) mass is 280 g/mol. The number of nitrogens with zero attached hydrogens (tertiary/aromatic N) is 1. The van der Waals surface area contributed by atoms with Gasteiger partial charge in [0.15, 0.2) is 0 Å². The first kappa shape index (κ1) is 13.3. The highest BCUT2D eigenvalue weighted by Crippen LogP contribution is 2.26. The molecule has 2 rings (SSSR count). The number of rotatable bonds is 4. The average molecular weight is 280 g/mol. The maximum Gasteiger partial charge on any atom is 0.250 e. The van der Waals surface area contributed by atoms with E-state index in [1.165, 1.54) is 17.4 Å². The second-order valence-electron chi connectivity index (χ2n) is 4.02. The molecule has 7 heteroatoms. The quantitative estimate of drug-likeness (QED) is 0.748. The number of primary amides is 1. The number of aromatic nitrogens is 1. The van der Waals surface area contributed by atoms with Gasteiger partial charge in [-0.3, -0.25) is 4.79 Å². The molecule has 0 fully saturated rings. The lowest BCUT2D eigenvalue weighted by atomic mass is 10.1. The molecular weight excluding hydrogens is 267 g/mol. The predicted octanol–water partition coefficient (Wildman–Crippen LogP) is 2.14. The molecule has 19 heavy (non-hydrogen) atoms. The number of hydrogen-bond acceptors (Lipinski definition) is 5. The van der Waals surface area contributed by atoms with E-state index in [4.69, 9.17) is 11.5 Å². The summed E-state index contributed by atoms with van der Waals surface area (Å²) in [6.07, 6.45) is 1.67. The van der Waals surface area contributed by atoms with Crippen molar-refractivity contribution in [3.63, 3.8) is 0 Å². The van der Waals surface area contributed by atoms with Gasteiger partial charge in [-0.05, 0) is 19.1 Å². The fourth-order valence-electron chi connectivity index (χ4n) is 1.66. The molecule has 0 aliphatic rings. The van der Waals surface area contributed by atoms with Crippen LogP contribution in [0.3, 0.4) is 0 Å². The van der Waals surface area contributed by atoms with Crippen molar-refractivity contribution >= 4 is 28.6 Å². The third kappa shape index (κ3) is 2.82. The summed E-state index contributed by atoms with van der Waals surface area (Å²) in [5.41, 5.74) is 11.0. The lowest BCUT2D eigenvalue weighted by molar-refractivity contribution is 0.100. The molecule has 0 radical (unpaired) electrons. The van der Waals surface area contributed by atoms with E-state index in [9.17, 15) is 9.18 Å². The van der Waals surface area contributed by atoms with Crippen LogP contribution < -0.4 is 16.8 Å². The molecule has 1 atom stereocenters. The Bertz CT molecular complexity index is 600. The SMILES string of the molecule is CC(Nc1cc(C(N)=O)c(N)cc1F)c1nccs1. The van der Waals surface area contributed by atoms with Crippen LogP contribution in [0.2, 0.25) is 0 Å². The molecule has 0 aliphatic carbocycles.